The van der Waals surface area contributed by atoms with Crippen molar-refractivity contribution in [3.63, 3.8) is 0 Å². The predicted molar refractivity (Wildman–Crippen MR) is 82.0 cm³/mol. The van der Waals surface area contributed by atoms with Gasteiger partial charge >= 0.3 is 0 Å². The van der Waals surface area contributed by atoms with E-state index in [0.717, 1.165) is 5.56 Å². The van der Waals surface area contributed by atoms with E-state index in [4.69, 9.17) is 9.47 Å². The summed E-state index contributed by atoms with van der Waals surface area (Å²) in [5.41, 5.74) is 1.23. The first kappa shape index (κ1) is 15.7. The third-order valence-electron chi connectivity index (χ3n) is 3.31. The zero-order valence-corrected chi connectivity index (χ0v) is 12.5. The summed E-state index contributed by atoms with van der Waals surface area (Å²) >= 11 is 0. The quantitative estimate of drug-likeness (QED) is 0.802. The Morgan fingerprint density at radius 2 is 1.59 bits per heavy atom. The van der Waals surface area contributed by atoms with Crippen LogP contribution in [0, 0.1) is 0 Å². The summed E-state index contributed by atoms with van der Waals surface area (Å²) in [6.45, 7) is 0. The Hall–Kier alpha value is -2.69. The monoisotopic (exact) mass is 302 g/mol. The Morgan fingerprint density at radius 1 is 0.955 bits per heavy atom. The van der Waals surface area contributed by atoms with Crippen molar-refractivity contribution in [1.82, 2.24) is 0 Å². The second-order valence-corrected chi connectivity index (χ2v) is 4.85. The molecule has 22 heavy (non-hydrogen) atoms. The van der Waals surface area contributed by atoms with Gasteiger partial charge in [0, 0.05) is 18.1 Å². The van der Waals surface area contributed by atoms with Crippen LogP contribution in [0.15, 0.2) is 36.4 Å². The molecule has 2 aromatic rings. The van der Waals surface area contributed by atoms with Gasteiger partial charge in [0.15, 0.2) is 17.3 Å². The lowest BCUT2D eigenvalue weighted by Gasteiger charge is -2.09. The van der Waals surface area contributed by atoms with Crippen molar-refractivity contribution in [1.29, 1.82) is 0 Å². The number of rotatable bonds is 6. The minimum absolute atomic E-state index is 0.130. The number of ketones is 1. The number of phenolic OH excluding ortho intramolecular Hbond substituents is 2. The smallest absolute Gasteiger partial charge is 0.163 e. The van der Waals surface area contributed by atoms with Crippen LogP contribution < -0.4 is 9.47 Å². The lowest BCUT2D eigenvalue weighted by atomic mass is 10.0. The van der Waals surface area contributed by atoms with Crippen LogP contribution >= 0.6 is 0 Å². The van der Waals surface area contributed by atoms with Crippen LogP contribution in [0.25, 0.3) is 0 Å². The Kier molecular flexibility index (Phi) is 4.88. The topological polar surface area (TPSA) is 76.0 Å². The molecule has 0 amide bonds. The normalized spacial score (nSPS) is 10.3. The van der Waals surface area contributed by atoms with E-state index in [0.29, 0.717) is 17.9 Å². The Bertz CT molecular complexity index is 658. The van der Waals surface area contributed by atoms with Gasteiger partial charge in [-0.3, -0.25) is 4.79 Å². The number of ether oxygens (including phenoxy) is 2. The summed E-state index contributed by atoms with van der Waals surface area (Å²) in [5, 5.41) is 18.8. The summed E-state index contributed by atoms with van der Waals surface area (Å²) in [7, 11) is 3.12. The van der Waals surface area contributed by atoms with Crippen LogP contribution in [0.2, 0.25) is 0 Å². The number of hydrogen-bond donors (Lipinski definition) is 2. The number of Topliss-reactive ketones (excluding diaryl/α,β-unsaturated/α-hetero) is 1. The first-order valence-corrected chi connectivity index (χ1v) is 6.80. The van der Waals surface area contributed by atoms with Crippen LogP contribution in [-0.2, 0) is 6.42 Å². The largest absolute Gasteiger partial charge is 0.508 e. The van der Waals surface area contributed by atoms with Gasteiger partial charge in [0.2, 0.25) is 0 Å². The third kappa shape index (κ3) is 3.69. The molecular formula is C17H18O5. The van der Waals surface area contributed by atoms with Gasteiger partial charge in [0.05, 0.1) is 14.2 Å². The van der Waals surface area contributed by atoms with Crippen molar-refractivity contribution in [2.75, 3.05) is 14.2 Å². The van der Waals surface area contributed by atoms with E-state index in [2.05, 4.69) is 0 Å². The molecule has 2 aromatic carbocycles. The third-order valence-corrected chi connectivity index (χ3v) is 3.31. The van der Waals surface area contributed by atoms with Crippen LogP contribution in [0.1, 0.15) is 22.3 Å². The maximum atomic E-state index is 12.1. The van der Waals surface area contributed by atoms with Gasteiger partial charge in [0.25, 0.3) is 0 Å². The highest BCUT2D eigenvalue weighted by atomic mass is 16.5. The number of carbonyl (C=O) groups is 1. The molecule has 0 aliphatic rings. The van der Waals surface area contributed by atoms with Crippen molar-refractivity contribution in [3.05, 3.63) is 47.5 Å². The number of phenols is 2. The van der Waals surface area contributed by atoms with Crippen molar-refractivity contribution in [3.8, 4) is 23.0 Å². The summed E-state index contributed by atoms with van der Waals surface area (Å²) in [6.07, 6.45) is 0.786. The fourth-order valence-corrected chi connectivity index (χ4v) is 2.19. The van der Waals surface area contributed by atoms with E-state index in [1.807, 2.05) is 12.1 Å². The number of methoxy groups -OCH3 is 2. The molecule has 0 unspecified atom stereocenters. The fourth-order valence-electron chi connectivity index (χ4n) is 2.19. The first-order chi connectivity index (χ1) is 10.5. The maximum absolute atomic E-state index is 12.1. The molecule has 5 nitrogen and oxygen atoms in total. The molecule has 5 heteroatoms. The molecule has 0 atom stereocenters. The summed E-state index contributed by atoms with van der Waals surface area (Å²) < 4.78 is 10.4. The number of benzene rings is 2. The van der Waals surface area contributed by atoms with Gasteiger partial charge in [-0.1, -0.05) is 6.07 Å². The van der Waals surface area contributed by atoms with Crippen LogP contribution in [-0.4, -0.2) is 30.2 Å². The molecule has 0 radical (unpaired) electrons. The van der Waals surface area contributed by atoms with Crippen molar-refractivity contribution >= 4 is 5.78 Å². The standard InChI is InChI=1S/C17H18O5/c1-21-16-6-4-11(7-17(16)22-2)3-5-15(20)12-8-13(18)10-14(19)9-12/h4,6-10,18-19H,3,5H2,1-2H3. The minimum Gasteiger partial charge on any atom is -0.508 e. The molecule has 0 saturated carbocycles. The van der Waals surface area contributed by atoms with Crippen molar-refractivity contribution in [2.24, 2.45) is 0 Å². The summed E-state index contributed by atoms with van der Waals surface area (Å²) in [5.74, 6) is 0.836. The highest BCUT2D eigenvalue weighted by Gasteiger charge is 2.10. The van der Waals surface area contributed by atoms with Gasteiger partial charge in [-0.2, -0.15) is 0 Å². The van der Waals surface area contributed by atoms with Crippen LogP contribution in [0.4, 0.5) is 0 Å². The molecular weight excluding hydrogens is 284 g/mol. The Balaban J connectivity index is 2.07. The second-order valence-electron chi connectivity index (χ2n) is 4.85. The highest BCUT2D eigenvalue weighted by molar-refractivity contribution is 5.97. The molecule has 0 saturated heterocycles. The molecule has 0 bridgehead atoms. The molecule has 0 spiro atoms. The van der Waals surface area contributed by atoms with E-state index in [9.17, 15) is 15.0 Å². The first-order valence-electron chi connectivity index (χ1n) is 6.80. The number of aromatic hydroxyl groups is 2. The SMILES string of the molecule is COc1ccc(CCC(=O)c2cc(O)cc(O)c2)cc1OC. The Morgan fingerprint density at radius 3 is 2.18 bits per heavy atom. The van der Waals surface area contributed by atoms with E-state index < -0.39 is 0 Å². The van der Waals surface area contributed by atoms with Gasteiger partial charge in [-0.15, -0.1) is 0 Å². The molecule has 2 N–H and O–H groups in total. The predicted octanol–water partition coefficient (Wildman–Crippen LogP) is 2.93. The van der Waals surface area contributed by atoms with E-state index in [1.165, 1.54) is 18.2 Å². The van der Waals surface area contributed by atoms with E-state index in [-0.39, 0.29) is 29.3 Å². The number of aryl methyl sites for hydroxylation is 1. The average molecular weight is 302 g/mol. The summed E-state index contributed by atoms with van der Waals surface area (Å²) in [4.78, 5) is 12.1. The van der Waals surface area contributed by atoms with Gasteiger partial charge in [-0.25, -0.2) is 0 Å². The van der Waals surface area contributed by atoms with Gasteiger partial charge in [0.1, 0.15) is 11.5 Å². The van der Waals surface area contributed by atoms with Crippen molar-refractivity contribution < 1.29 is 24.5 Å². The average Bonchev–Trinajstić information content (AvgIpc) is 2.51. The second kappa shape index (κ2) is 6.85. The zero-order valence-electron chi connectivity index (χ0n) is 12.5. The zero-order chi connectivity index (χ0) is 16.1. The van der Waals surface area contributed by atoms with Crippen LogP contribution in [0.3, 0.4) is 0 Å². The fraction of sp³-hybridized carbons (Fsp3) is 0.235. The molecule has 0 aromatic heterocycles. The van der Waals surface area contributed by atoms with E-state index >= 15 is 0 Å². The lowest BCUT2D eigenvalue weighted by molar-refractivity contribution is 0.0982. The molecule has 0 fully saturated rings. The Labute approximate surface area is 128 Å². The highest BCUT2D eigenvalue weighted by Crippen LogP contribution is 2.28. The number of hydrogen-bond acceptors (Lipinski definition) is 5. The molecule has 0 heterocycles. The van der Waals surface area contributed by atoms with Gasteiger partial charge < -0.3 is 19.7 Å². The lowest BCUT2D eigenvalue weighted by Crippen LogP contribution is -2.01. The molecule has 116 valence electrons. The molecule has 0 aliphatic carbocycles. The minimum atomic E-state index is -0.152. The molecule has 2 rings (SSSR count). The van der Waals surface area contributed by atoms with Crippen molar-refractivity contribution in [2.45, 2.75) is 12.8 Å². The molecule has 0 aliphatic heterocycles. The van der Waals surface area contributed by atoms with Crippen LogP contribution in [0.5, 0.6) is 23.0 Å². The maximum Gasteiger partial charge on any atom is 0.163 e. The van der Waals surface area contributed by atoms with Gasteiger partial charge in [-0.05, 0) is 36.2 Å². The number of carbonyl (C=O) groups excluding carboxylic acids is 1. The summed E-state index contributed by atoms with van der Waals surface area (Å²) in [6, 6.07) is 9.36. The van der Waals surface area contributed by atoms with E-state index in [1.54, 1.807) is 20.3 Å².